The largest absolute Gasteiger partial charge is 0.497 e. The van der Waals surface area contributed by atoms with E-state index in [0.29, 0.717) is 18.7 Å². The molecule has 0 aliphatic heterocycles. The summed E-state index contributed by atoms with van der Waals surface area (Å²) >= 11 is 0. The summed E-state index contributed by atoms with van der Waals surface area (Å²) in [5.74, 6) is 0.760. The van der Waals surface area contributed by atoms with Crippen molar-refractivity contribution >= 4 is 11.9 Å². The molecule has 0 radical (unpaired) electrons. The van der Waals surface area contributed by atoms with Gasteiger partial charge in [0.2, 0.25) is 0 Å². The zero-order valence-corrected chi connectivity index (χ0v) is 14.1. The van der Waals surface area contributed by atoms with Crippen molar-refractivity contribution in [2.45, 2.75) is 6.54 Å². The van der Waals surface area contributed by atoms with Gasteiger partial charge >= 0.3 is 0 Å². The van der Waals surface area contributed by atoms with Gasteiger partial charge in [-0.1, -0.05) is 36.4 Å². The van der Waals surface area contributed by atoms with Crippen LogP contribution < -0.4 is 4.74 Å². The van der Waals surface area contributed by atoms with Crippen LogP contribution in [0.2, 0.25) is 0 Å². The number of carbonyl (C=O) groups excluding carboxylic acids is 1. The number of aliphatic hydroxyl groups excluding tert-OH is 1. The molecule has 0 heterocycles. The Morgan fingerprint density at radius 1 is 1.21 bits per heavy atom. The summed E-state index contributed by atoms with van der Waals surface area (Å²) in [5.41, 5.74) is 2.66. The fraction of sp³-hybridized carbons (Fsp3) is 0.250. The maximum atomic E-state index is 12.3. The molecule has 0 unspecified atom stereocenters. The van der Waals surface area contributed by atoms with Crippen LogP contribution in [0.1, 0.15) is 21.5 Å². The molecule has 0 saturated carbocycles. The van der Waals surface area contributed by atoms with E-state index in [1.807, 2.05) is 60.5 Å². The Bertz CT molecular complexity index is 692. The first-order chi connectivity index (χ1) is 11.6. The average Bonchev–Trinajstić information content (AvgIpc) is 2.60. The van der Waals surface area contributed by atoms with E-state index in [4.69, 9.17) is 9.84 Å². The van der Waals surface area contributed by atoms with Crippen molar-refractivity contribution in [3.8, 4) is 5.75 Å². The van der Waals surface area contributed by atoms with E-state index in [2.05, 4.69) is 0 Å². The van der Waals surface area contributed by atoms with Crippen LogP contribution in [-0.4, -0.2) is 43.1 Å². The van der Waals surface area contributed by atoms with Gasteiger partial charge in [0.1, 0.15) is 5.75 Å². The van der Waals surface area contributed by atoms with Crippen molar-refractivity contribution in [1.82, 2.24) is 4.90 Å². The van der Waals surface area contributed by atoms with Crippen LogP contribution in [0.25, 0.3) is 6.08 Å². The van der Waals surface area contributed by atoms with E-state index in [-0.39, 0.29) is 12.4 Å². The molecule has 4 heteroatoms. The Kier molecular flexibility index (Phi) is 6.73. The zero-order valence-electron chi connectivity index (χ0n) is 14.1. The highest BCUT2D eigenvalue weighted by atomic mass is 16.5. The molecule has 0 amide bonds. The monoisotopic (exact) mass is 325 g/mol. The number of methoxy groups -OCH3 is 1. The van der Waals surface area contributed by atoms with Crippen LogP contribution in [0.5, 0.6) is 5.75 Å². The first-order valence-corrected chi connectivity index (χ1v) is 7.87. The van der Waals surface area contributed by atoms with E-state index in [0.717, 1.165) is 16.9 Å². The van der Waals surface area contributed by atoms with E-state index in [1.165, 1.54) is 0 Å². The number of hydrogen-bond acceptors (Lipinski definition) is 4. The summed E-state index contributed by atoms with van der Waals surface area (Å²) in [4.78, 5) is 14.4. The molecular weight excluding hydrogens is 302 g/mol. The summed E-state index contributed by atoms with van der Waals surface area (Å²) in [6.07, 6.45) is 3.38. The van der Waals surface area contributed by atoms with Crippen molar-refractivity contribution in [2.75, 3.05) is 27.3 Å². The van der Waals surface area contributed by atoms with Gasteiger partial charge in [-0.25, -0.2) is 0 Å². The minimum Gasteiger partial charge on any atom is -0.497 e. The number of likely N-dealkylation sites (N-methyl/N-ethyl adjacent to an activating group) is 1. The first kappa shape index (κ1) is 17.9. The molecule has 0 saturated heterocycles. The molecule has 0 atom stereocenters. The third-order valence-electron chi connectivity index (χ3n) is 3.69. The molecule has 24 heavy (non-hydrogen) atoms. The normalized spacial score (nSPS) is 11.2. The number of hydrogen-bond donors (Lipinski definition) is 1. The van der Waals surface area contributed by atoms with E-state index < -0.39 is 0 Å². The number of rotatable bonds is 8. The molecule has 2 rings (SSSR count). The maximum Gasteiger partial charge on any atom is 0.185 e. The van der Waals surface area contributed by atoms with Crippen molar-refractivity contribution in [1.29, 1.82) is 0 Å². The summed E-state index contributed by atoms with van der Waals surface area (Å²) < 4.78 is 5.12. The predicted octanol–water partition coefficient (Wildman–Crippen LogP) is 3.02. The lowest BCUT2D eigenvalue weighted by Gasteiger charge is -2.15. The quantitative estimate of drug-likeness (QED) is 0.599. The van der Waals surface area contributed by atoms with E-state index in [9.17, 15) is 4.79 Å². The van der Waals surface area contributed by atoms with Crippen LogP contribution in [0.4, 0.5) is 0 Å². The molecule has 0 spiro atoms. The number of carbonyl (C=O) groups is 1. The van der Waals surface area contributed by atoms with Gasteiger partial charge < -0.3 is 9.84 Å². The second kappa shape index (κ2) is 9.01. The molecule has 0 aromatic heterocycles. The van der Waals surface area contributed by atoms with Crippen LogP contribution in [0, 0.1) is 0 Å². The summed E-state index contributed by atoms with van der Waals surface area (Å²) in [7, 11) is 3.56. The Labute approximate surface area is 143 Å². The average molecular weight is 325 g/mol. The standard InChI is InChI=1S/C20H23NO3/c1-21(12-13-22)15-17-4-3-5-18(14-17)20(23)11-8-16-6-9-19(24-2)10-7-16/h3-11,14,22H,12-13,15H2,1-2H3. The van der Waals surface area contributed by atoms with Gasteiger partial charge in [-0.3, -0.25) is 9.69 Å². The second-order valence-corrected chi connectivity index (χ2v) is 5.63. The van der Waals surface area contributed by atoms with Gasteiger partial charge in [0, 0.05) is 18.7 Å². The fourth-order valence-corrected chi connectivity index (χ4v) is 2.37. The number of aliphatic hydroxyl groups is 1. The number of ether oxygens (including phenoxy) is 1. The number of nitrogens with zero attached hydrogens (tertiary/aromatic N) is 1. The third-order valence-corrected chi connectivity index (χ3v) is 3.69. The van der Waals surface area contributed by atoms with Gasteiger partial charge in [-0.05, 0) is 42.4 Å². The third kappa shape index (κ3) is 5.33. The first-order valence-electron chi connectivity index (χ1n) is 7.87. The summed E-state index contributed by atoms with van der Waals surface area (Å²) in [6.45, 7) is 1.43. The minimum atomic E-state index is -0.0301. The number of benzene rings is 2. The molecule has 0 aliphatic rings. The smallest absolute Gasteiger partial charge is 0.185 e. The van der Waals surface area contributed by atoms with Crippen LogP contribution in [0.3, 0.4) is 0 Å². The highest BCUT2D eigenvalue weighted by molar-refractivity contribution is 6.06. The van der Waals surface area contributed by atoms with Gasteiger partial charge in [0.25, 0.3) is 0 Å². The number of ketones is 1. The van der Waals surface area contributed by atoms with Crippen LogP contribution in [0.15, 0.2) is 54.6 Å². The molecule has 4 nitrogen and oxygen atoms in total. The van der Waals surface area contributed by atoms with Gasteiger partial charge in [0.05, 0.1) is 13.7 Å². The molecule has 2 aromatic carbocycles. The van der Waals surface area contributed by atoms with Crippen LogP contribution in [-0.2, 0) is 6.54 Å². The Hall–Kier alpha value is -2.43. The lowest BCUT2D eigenvalue weighted by Crippen LogP contribution is -2.21. The predicted molar refractivity (Wildman–Crippen MR) is 96.2 cm³/mol. The molecule has 0 fully saturated rings. The van der Waals surface area contributed by atoms with E-state index >= 15 is 0 Å². The lowest BCUT2D eigenvalue weighted by molar-refractivity contribution is 0.104. The lowest BCUT2D eigenvalue weighted by atomic mass is 10.1. The topological polar surface area (TPSA) is 49.8 Å². The Morgan fingerprint density at radius 3 is 2.62 bits per heavy atom. The van der Waals surface area contributed by atoms with E-state index in [1.54, 1.807) is 19.3 Å². The highest BCUT2D eigenvalue weighted by Crippen LogP contribution is 2.13. The Morgan fingerprint density at radius 2 is 1.96 bits per heavy atom. The molecule has 1 N–H and O–H groups in total. The van der Waals surface area contributed by atoms with Gasteiger partial charge in [-0.15, -0.1) is 0 Å². The maximum absolute atomic E-state index is 12.3. The molecular formula is C20H23NO3. The van der Waals surface area contributed by atoms with Crippen molar-refractivity contribution < 1.29 is 14.6 Å². The molecule has 0 aliphatic carbocycles. The second-order valence-electron chi connectivity index (χ2n) is 5.63. The number of allylic oxidation sites excluding steroid dienone is 1. The summed E-state index contributed by atoms with van der Waals surface area (Å²) in [5, 5.41) is 8.96. The Balaban J connectivity index is 2.04. The van der Waals surface area contributed by atoms with Crippen molar-refractivity contribution in [3.63, 3.8) is 0 Å². The minimum absolute atomic E-state index is 0.0301. The summed E-state index contributed by atoms with van der Waals surface area (Å²) in [6, 6.07) is 15.1. The van der Waals surface area contributed by atoms with Gasteiger partial charge in [-0.2, -0.15) is 0 Å². The van der Waals surface area contributed by atoms with Crippen molar-refractivity contribution in [2.24, 2.45) is 0 Å². The van der Waals surface area contributed by atoms with Crippen LogP contribution >= 0.6 is 0 Å². The molecule has 0 bridgehead atoms. The fourth-order valence-electron chi connectivity index (χ4n) is 2.37. The molecule has 2 aromatic rings. The zero-order chi connectivity index (χ0) is 17.4. The highest BCUT2D eigenvalue weighted by Gasteiger charge is 2.05. The molecule has 126 valence electrons. The SMILES string of the molecule is COc1ccc(C=CC(=O)c2cccc(CN(C)CCO)c2)cc1. The van der Waals surface area contributed by atoms with Crippen molar-refractivity contribution in [3.05, 3.63) is 71.3 Å². The van der Waals surface area contributed by atoms with Gasteiger partial charge in [0.15, 0.2) is 5.78 Å².